The van der Waals surface area contributed by atoms with E-state index in [1.54, 1.807) is 18.7 Å². The van der Waals surface area contributed by atoms with Gasteiger partial charge in [0.05, 0.1) is 23.6 Å². The van der Waals surface area contributed by atoms with Crippen LogP contribution in [0, 0.1) is 13.8 Å². The van der Waals surface area contributed by atoms with Gasteiger partial charge < -0.3 is 10.1 Å². The minimum absolute atomic E-state index is 0.0366. The fraction of sp³-hybridized carbons (Fsp3) is 0.500. The van der Waals surface area contributed by atoms with Gasteiger partial charge in [-0.25, -0.2) is 9.67 Å². The number of hydrogen-bond acceptors (Lipinski definition) is 5. The molecule has 1 unspecified atom stereocenters. The van der Waals surface area contributed by atoms with Crippen LogP contribution in [0.3, 0.4) is 0 Å². The molecule has 1 aromatic heterocycles. The van der Waals surface area contributed by atoms with E-state index in [-0.39, 0.29) is 23.5 Å². The number of nitrogens with one attached hydrogen (secondary N) is 1. The minimum Gasteiger partial charge on any atom is -0.383 e. The van der Waals surface area contributed by atoms with Gasteiger partial charge in [0, 0.05) is 25.3 Å². The third-order valence-corrected chi connectivity index (χ3v) is 4.22. The molecule has 1 aliphatic heterocycles. The Bertz CT molecular complexity index is 804. The molecule has 140 valence electrons. The molecule has 1 aliphatic rings. The summed E-state index contributed by atoms with van der Waals surface area (Å²) in [5.41, 5.74) is 3.37. The van der Waals surface area contributed by atoms with Crippen molar-refractivity contribution in [2.45, 2.75) is 46.6 Å². The summed E-state index contributed by atoms with van der Waals surface area (Å²) in [4.78, 5) is 32.2. The Hall–Kier alpha value is -2.61. The number of ether oxygens (including phenoxy) is 1. The van der Waals surface area contributed by atoms with Crippen LogP contribution in [0.25, 0.3) is 0 Å². The van der Waals surface area contributed by atoms with Crippen LogP contribution in [0.5, 0.6) is 0 Å². The molecule has 8 nitrogen and oxygen atoms in total. The monoisotopic (exact) mass is 359 g/mol. The van der Waals surface area contributed by atoms with Crippen molar-refractivity contribution in [2.24, 2.45) is 9.98 Å². The van der Waals surface area contributed by atoms with Gasteiger partial charge in [-0.3, -0.25) is 9.59 Å². The Morgan fingerprint density at radius 2 is 2.00 bits per heavy atom. The summed E-state index contributed by atoms with van der Waals surface area (Å²) in [6.45, 7) is 11.5. The van der Waals surface area contributed by atoms with E-state index in [9.17, 15) is 9.59 Å². The van der Waals surface area contributed by atoms with Crippen molar-refractivity contribution in [3.8, 4) is 0 Å². The van der Waals surface area contributed by atoms with Crippen LogP contribution in [-0.2, 0) is 20.7 Å². The van der Waals surface area contributed by atoms with Gasteiger partial charge in [-0.2, -0.15) is 10.1 Å². The van der Waals surface area contributed by atoms with Gasteiger partial charge in [0.1, 0.15) is 0 Å². The molecular formula is C18H25N5O3. The fourth-order valence-electron chi connectivity index (χ4n) is 2.76. The van der Waals surface area contributed by atoms with Gasteiger partial charge in [0.15, 0.2) is 0 Å². The lowest BCUT2D eigenvalue weighted by atomic mass is 10.1. The highest BCUT2D eigenvalue weighted by Gasteiger charge is 2.22. The molecule has 0 radical (unpaired) electrons. The van der Waals surface area contributed by atoms with E-state index in [4.69, 9.17) is 4.74 Å². The molecule has 26 heavy (non-hydrogen) atoms. The van der Waals surface area contributed by atoms with Crippen molar-refractivity contribution in [3.63, 3.8) is 0 Å². The Labute approximate surface area is 153 Å². The van der Waals surface area contributed by atoms with E-state index < -0.39 is 5.91 Å². The molecule has 0 aliphatic carbocycles. The van der Waals surface area contributed by atoms with E-state index >= 15 is 0 Å². The first-order valence-electron chi connectivity index (χ1n) is 8.46. The molecule has 0 saturated heterocycles. The maximum absolute atomic E-state index is 12.1. The molecule has 2 amide bonds. The van der Waals surface area contributed by atoms with Crippen LogP contribution in [0.1, 0.15) is 37.2 Å². The standard InChI is InChI=1S/C18H25N5O3/c1-10(9-26-6)19-16(24)8-7-15-13(4)22-23(14(15)5)18-20-12(3)11(2)17(25)21-18/h10H,2,7-9H2,1,3-6H3,(H,19,24). The zero-order valence-electron chi connectivity index (χ0n) is 15.9. The lowest BCUT2D eigenvalue weighted by molar-refractivity contribution is -0.122. The number of hydrogen-bond donors (Lipinski definition) is 1. The molecule has 1 N–H and O–H groups in total. The van der Waals surface area contributed by atoms with Crippen LogP contribution in [-0.4, -0.2) is 53.0 Å². The van der Waals surface area contributed by atoms with E-state index in [2.05, 4.69) is 27.0 Å². The first kappa shape index (κ1) is 19.7. The lowest BCUT2D eigenvalue weighted by Crippen LogP contribution is -2.35. The van der Waals surface area contributed by atoms with Gasteiger partial charge >= 0.3 is 0 Å². The number of carbonyl (C=O) groups excluding carboxylic acids is 2. The quantitative estimate of drug-likeness (QED) is 0.775. The number of amides is 2. The fourth-order valence-corrected chi connectivity index (χ4v) is 2.76. The van der Waals surface area contributed by atoms with Crippen molar-refractivity contribution >= 4 is 23.5 Å². The molecule has 0 fully saturated rings. The summed E-state index contributed by atoms with van der Waals surface area (Å²) in [5.74, 6) is -0.227. The zero-order valence-corrected chi connectivity index (χ0v) is 15.9. The van der Waals surface area contributed by atoms with E-state index in [0.29, 0.717) is 25.2 Å². The smallest absolute Gasteiger partial charge is 0.281 e. The van der Waals surface area contributed by atoms with Crippen molar-refractivity contribution in [1.82, 2.24) is 15.1 Å². The maximum atomic E-state index is 12.1. The Morgan fingerprint density at radius 1 is 1.31 bits per heavy atom. The SMILES string of the molecule is C=C1C(=O)N=C(n2nc(C)c(CCC(=O)NC(C)COC)c2C)N=C1C. The number of aromatic nitrogens is 2. The number of rotatable bonds is 6. The van der Waals surface area contributed by atoms with Gasteiger partial charge in [0.25, 0.3) is 11.9 Å². The Kier molecular flexibility index (Phi) is 6.20. The highest BCUT2D eigenvalue weighted by molar-refractivity contribution is 6.27. The summed E-state index contributed by atoms with van der Waals surface area (Å²) in [6, 6.07) is -0.0366. The molecule has 1 atom stereocenters. The Balaban J connectivity index is 2.14. The van der Waals surface area contributed by atoms with Crippen molar-refractivity contribution in [1.29, 1.82) is 0 Å². The van der Waals surface area contributed by atoms with Crippen LogP contribution < -0.4 is 5.32 Å². The van der Waals surface area contributed by atoms with Crippen LogP contribution in [0.2, 0.25) is 0 Å². The predicted molar refractivity (Wildman–Crippen MR) is 99.6 cm³/mol. The third-order valence-electron chi connectivity index (χ3n) is 4.22. The number of carbonyl (C=O) groups is 2. The average Bonchev–Trinajstić information content (AvgIpc) is 2.85. The van der Waals surface area contributed by atoms with E-state index in [0.717, 1.165) is 17.0 Å². The van der Waals surface area contributed by atoms with E-state index in [1.807, 2.05) is 20.8 Å². The van der Waals surface area contributed by atoms with Gasteiger partial charge in [-0.15, -0.1) is 0 Å². The second-order valence-corrected chi connectivity index (χ2v) is 6.38. The number of aliphatic imine (C=N–C) groups is 2. The van der Waals surface area contributed by atoms with E-state index in [1.165, 1.54) is 0 Å². The highest BCUT2D eigenvalue weighted by Crippen LogP contribution is 2.17. The molecule has 2 rings (SSSR count). The largest absolute Gasteiger partial charge is 0.383 e. The molecule has 0 saturated carbocycles. The first-order valence-corrected chi connectivity index (χ1v) is 8.46. The molecule has 0 spiro atoms. The lowest BCUT2D eigenvalue weighted by Gasteiger charge is -2.13. The summed E-state index contributed by atoms with van der Waals surface area (Å²) in [5, 5.41) is 7.33. The second kappa shape index (κ2) is 8.18. The topological polar surface area (TPSA) is 97.9 Å². The molecule has 0 bridgehead atoms. The molecule has 8 heteroatoms. The molecule has 0 aromatic carbocycles. The second-order valence-electron chi connectivity index (χ2n) is 6.38. The maximum Gasteiger partial charge on any atom is 0.281 e. The first-order chi connectivity index (χ1) is 12.2. The number of nitrogens with zero attached hydrogens (tertiary/aromatic N) is 4. The number of aryl methyl sites for hydroxylation is 1. The van der Waals surface area contributed by atoms with Gasteiger partial charge in [0.2, 0.25) is 5.91 Å². The third kappa shape index (κ3) is 4.32. The molecule has 1 aromatic rings. The summed E-state index contributed by atoms with van der Waals surface area (Å²) < 4.78 is 6.56. The summed E-state index contributed by atoms with van der Waals surface area (Å²) in [7, 11) is 1.60. The van der Waals surface area contributed by atoms with Crippen LogP contribution >= 0.6 is 0 Å². The normalized spacial score (nSPS) is 15.6. The summed E-state index contributed by atoms with van der Waals surface area (Å²) >= 11 is 0. The highest BCUT2D eigenvalue weighted by atomic mass is 16.5. The minimum atomic E-state index is -0.409. The van der Waals surface area contributed by atoms with Gasteiger partial charge in [-0.05, 0) is 39.7 Å². The zero-order chi connectivity index (χ0) is 19.4. The average molecular weight is 359 g/mol. The predicted octanol–water partition coefficient (Wildman–Crippen LogP) is 1.35. The number of methoxy groups -OCH3 is 1. The van der Waals surface area contributed by atoms with Crippen molar-refractivity contribution in [2.75, 3.05) is 13.7 Å². The molecular weight excluding hydrogens is 334 g/mol. The summed E-state index contributed by atoms with van der Waals surface area (Å²) in [6.07, 6.45) is 0.881. The van der Waals surface area contributed by atoms with Gasteiger partial charge in [-0.1, -0.05) is 6.58 Å². The molecule has 2 heterocycles. The van der Waals surface area contributed by atoms with Crippen LogP contribution in [0.15, 0.2) is 22.1 Å². The Morgan fingerprint density at radius 3 is 2.62 bits per heavy atom. The van der Waals surface area contributed by atoms with Crippen LogP contribution in [0.4, 0.5) is 0 Å². The van der Waals surface area contributed by atoms with Crippen molar-refractivity contribution < 1.29 is 14.3 Å². The van der Waals surface area contributed by atoms with Crippen molar-refractivity contribution in [3.05, 3.63) is 29.1 Å².